The molecule has 0 aromatic carbocycles. The maximum atomic E-state index is 10.8. The van der Waals surface area contributed by atoms with Gasteiger partial charge in [-0.1, -0.05) is 0 Å². The number of aromatic nitrogens is 2. The molecule has 0 unspecified atom stereocenters. The van der Waals surface area contributed by atoms with Gasteiger partial charge in [0.15, 0.2) is 0 Å². The van der Waals surface area contributed by atoms with E-state index in [1.807, 2.05) is 6.92 Å². The Balaban J connectivity index is 1.90. The van der Waals surface area contributed by atoms with Gasteiger partial charge in [-0.2, -0.15) is 0 Å². The fourth-order valence-corrected chi connectivity index (χ4v) is 1.67. The van der Waals surface area contributed by atoms with E-state index in [2.05, 4.69) is 15.3 Å². The second-order valence-electron chi connectivity index (χ2n) is 4.28. The molecular weight excluding hydrogens is 246 g/mol. The molecule has 0 saturated carbocycles. The van der Waals surface area contributed by atoms with Crippen molar-refractivity contribution in [3.63, 3.8) is 0 Å². The fraction of sp³-hybridized carbons (Fsp3) is 0.308. The van der Waals surface area contributed by atoms with Gasteiger partial charge in [0.1, 0.15) is 5.76 Å². The van der Waals surface area contributed by atoms with Crippen LogP contribution in [0.1, 0.15) is 33.3 Å². The molecule has 0 spiro atoms. The molecule has 0 amide bonds. The zero-order valence-electron chi connectivity index (χ0n) is 10.8. The van der Waals surface area contributed by atoms with E-state index in [0.29, 0.717) is 24.4 Å². The van der Waals surface area contributed by atoms with Crippen LogP contribution in [0.3, 0.4) is 0 Å². The molecule has 2 aromatic rings. The Labute approximate surface area is 110 Å². The predicted molar refractivity (Wildman–Crippen MR) is 67.7 cm³/mol. The van der Waals surface area contributed by atoms with Crippen LogP contribution in [0.25, 0.3) is 0 Å². The molecule has 0 aliphatic heterocycles. The second-order valence-corrected chi connectivity index (χ2v) is 4.28. The molecule has 0 bridgehead atoms. The van der Waals surface area contributed by atoms with Crippen molar-refractivity contribution in [1.29, 1.82) is 0 Å². The molecule has 0 saturated heterocycles. The van der Waals surface area contributed by atoms with Crippen LogP contribution in [0.2, 0.25) is 0 Å². The second kappa shape index (κ2) is 5.62. The van der Waals surface area contributed by atoms with Gasteiger partial charge in [-0.25, -0.2) is 4.79 Å². The van der Waals surface area contributed by atoms with E-state index in [-0.39, 0.29) is 5.76 Å². The lowest BCUT2D eigenvalue weighted by Crippen LogP contribution is -2.13. The zero-order valence-corrected chi connectivity index (χ0v) is 10.8. The van der Waals surface area contributed by atoms with Crippen LogP contribution in [0.5, 0.6) is 0 Å². The lowest BCUT2D eigenvalue weighted by Gasteiger charge is -2.02. The maximum absolute atomic E-state index is 10.8. The summed E-state index contributed by atoms with van der Waals surface area (Å²) in [5.41, 5.74) is 2.32. The van der Waals surface area contributed by atoms with Crippen LogP contribution in [0, 0.1) is 13.8 Å². The molecule has 0 aliphatic rings. The number of hydrogen-bond donors (Lipinski definition) is 2. The first kappa shape index (κ1) is 13.2. The molecule has 100 valence electrons. The lowest BCUT2D eigenvalue weighted by atomic mass is 10.2. The number of aryl methyl sites for hydroxylation is 2. The number of aromatic carboxylic acids is 1. The Hall–Kier alpha value is -2.21. The quantitative estimate of drug-likeness (QED) is 0.851. The largest absolute Gasteiger partial charge is 0.475 e. The topological polar surface area (TPSA) is 88.2 Å². The highest BCUT2D eigenvalue weighted by atomic mass is 16.4. The molecule has 2 N–H and O–H groups in total. The minimum atomic E-state index is -1.05. The van der Waals surface area contributed by atoms with E-state index in [1.54, 1.807) is 25.4 Å². The highest BCUT2D eigenvalue weighted by molar-refractivity contribution is 5.86. The molecule has 2 aromatic heterocycles. The van der Waals surface area contributed by atoms with Crippen molar-refractivity contribution in [3.8, 4) is 0 Å². The number of carbonyl (C=O) groups is 1. The van der Waals surface area contributed by atoms with Gasteiger partial charge in [0.2, 0.25) is 5.76 Å². The minimum Gasteiger partial charge on any atom is -0.475 e. The molecule has 0 atom stereocenters. The first-order valence-electron chi connectivity index (χ1n) is 5.87. The van der Waals surface area contributed by atoms with Crippen LogP contribution in [-0.2, 0) is 13.1 Å². The molecule has 6 heteroatoms. The summed E-state index contributed by atoms with van der Waals surface area (Å²) < 4.78 is 5.23. The predicted octanol–water partition coefficient (Wildman–Crippen LogP) is 1.67. The molecule has 6 nitrogen and oxygen atoms in total. The minimum absolute atomic E-state index is 0.00747. The lowest BCUT2D eigenvalue weighted by molar-refractivity contribution is 0.0659. The van der Waals surface area contributed by atoms with E-state index < -0.39 is 5.97 Å². The van der Waals surface area contributed by atoms with Gasteiger partial charge in [-0.3, -0.25) is 9.97 Å². The summed E-state index contributed by atoms with van der Waals surface area (Å²) in [5.74, 6) is -0.463. The summed E-state index contributed by atoms with van der Waals surface area (Å²) in [5, 5.41) is 12.0. The SMILES string of the molecule is Cc1cnc(CNCc2cc(C)c(C(=O)O)o2)cn1. The smallest absolute Gasteiger partial charge is 0.372 e. The van der Waals surface area contributed by atoms with Gasteiger partial charge in [-0.15, -0.1) is 0 Å². The Morgan fingerprint density at radius 1 is 1.32 bits per heavy atom. The number of carboxylic acid groups (broad SMARTS) is 1. The number of furan rings is 1. The summed E-state index contributed by atoms with van der Waals surface area (Å²) in [4.78, 5) is 19.2. The van der Waals surface area contributed by atoms with E-state index in [9.17, 15) is 4.79 Å². The Bertz CT molecular complexity index is 575. The van der Waals surface area contributed by atoms with Crippen molar-refractivity contribution in [2.24, 2.45) is 0 Å². The monoisotopic (exact) mass is 261 g/mol. The summed E-state index contributed by atoms with van der Waals surface area (Å²) in [6.45, 7) is 4.59. The summed E-state index contributed by atoms with van der Waals surface area (Å²) in [6, 6.07) is 1.72. The van der Waals surface area contributed by atoms with Crippen molar-refractivity contribution in [3.05, 3.63) is 46.9 Å². The first-order chi connectivity index (χ1) is 9.06. The number of nitrogens with one attached hydrogen (secondary N) is 1. The van der Waals surface area contributed by atoms with Gasteiger partial charge >= 0.3 is 5.97 Å². The molecule has 0 aliphatic carbocycles. The number of nitrogens with zero attached hydrogens (tertiary/aromatic N) is 2. The van der Waals surface area contributed by atoms with Crippen molar-refractivity contribution < 1.29 is 14.3 Å². The van der Waals surface area contributed by atoms with E-state index in [4.69, 9.17) is 9.52 Å². The number of rotatable bonds is 5. The van der Waals surface area contributed by atoms with Crippen LogP contribution in [0.4, 0.5) is 0 Å². The highest BCUT2D eigenvalue weighted by Crippen LogP contribution is 2.14. The van der Waals surface area contributed by atoms with E-state index in [0.717, 1.165) is 11.4 Å². The van der Waals surface area contributed by atoms with Gasteiger partial charge in [0.25, 0.3) is 0 Å². The van der Waals surface area contributed by atoms with E-state index >= 15 is 0 Å². The third-order valence-corrected chi connectivity index (χ3v) is 2.60. The van der Waals surface area contributed by atoms with Gasteiger partial charge in [0.05, 0.1) is 17.9 Å². The van der Waals surface area contributed by atoms with Crippen molar-refractivity contribution >= 4 is 5.97 Å². The van der Waals surface area contributed by atoms with Gasteiger partial charge < -0.3 is 14.8 Å². The molecular formula is C13H15N3O3. The van der Waals surface area contributed by atoms with Crippen molar-refractivity contribution in [2.75, 3.05) is 0 Å². The van der Waals surface area contributed by atoms with Crippen molar-refractivity contribution in [1.82, 2.24) is 15.3 Å². The van der Waals surface area contributed by atoms with Crippen molar-refractivity contribution in [2.45, 2.75) is 26.9 Å². The van der Waals surface area contributed by atoms with Crippen LogP contribution in [0.15, 0.2) is 22.9 Å². The molecule has 0 radical (unpaired) electrons. The first-order valence-corrected chi connectivity index (χ1v) is 5.87. The van der Waals surface area contributed by atoms with Gasteiger partial charge in [-0.05, 0) is 19.9 Å². The Kier molecular flexibility index (Phi) is 3.91. The summed E-state index contributed by atoms with van der Waals surface area (Å²) >= 11 is 0. The third-order valence-electron chi connectivity index (χ3n) is 2.60. The average Bonchev–Trinajstić information content (AvgIpc) is 2.73. The standard InChI is InChI=1S/C13H15N3O3/c1-8-3-11(19-12(8)13(17)18)7-14-5-10-6-15-9(2)4-16-10/h3-4,6,14H,5,7H2,1-2H3,(H,17,18). The third kappa shape index (κ3) is 3.38. The maximum Gasteiger partial charge on any atom is 0.372 e. The fourth-order valence-electron chi connectivity index (χ4n) is 1.67. The summed E-state index contributed by atoms with van der Waals surface area (Å²) in [6.07, 6.45) is 3.41. The van der Waals surface area contributed by atoms with Gasteiger partial charge in [0, 0.05) is 24.5 Å². The zero-order chi connectivity index (χ0) is 13.8. The van der Waals surface area contributed by atoms with Crippen LogP contribution >= 0.6 is 0 Å². The normalized spacial score (nSPS) is 10.6. The summed E-state index contributed by atoms with van der Waals surface area (Å²) in [7, 11) is 0. The Morgan fingerprint density at radius 3 is 2.68 bits per heavy atom. The average molecular weight is 261 g/mol. The number of carboxylic acids is 1. The molecule has 19 heavy (non-hydrogen) atoms. The molecule has 0 fully saturated rings. The van der Waals surface area contributed by atoms with E-state index in [1.165, 1.54) is 0 Å². The Morgan fingerprint density at radius 2 is 2.11 bits per heavy atom. The molecule has 2 heterocycles. The van der Waals surface area contributed by atoms with Crippen LogP contribution < -0.4 is 5.32 Å². The highest BCUT2D eigenvalue weighted by Gasteiger charge is 2.13. The molecule has 2 rings (SSSR count). The number of hydrogen-bond acceptors (Lipinski definition) is 5. The van der Waals surface area contributed by atoms with Crippen LogP contribution in [-0.4, -0.2) is 21.0 Å².